The fraction of sp³-hybridized carbons (Fsp3) is 0.200. The third-order valence-corrected chi connectivity index (χ3v) is 3.15. The number of halogens is 1. The van der Waals surface area contributed by atoms with Gasteiger partial charge >= 0.3 is 5.97 Å². The third-order valence-electron chi connectivity index (χ3n) is 2.85. The number of rotatable bonds is 5. The first-order valence-corrected chi connectivity index (χ1v) is 6.74. The van der Waals surface area contributed by atoms with Crippen LogP contribution in [0.15, 0.2) is 36.4 Å². The Morgan fingerprint density at radius 3 is 2.75 bits per heavy atom. The first kappa shape index (κ1) is 14.3. The van der Waals surface area contributed by atoms with Gasteiger partial charge in [0.1, 0.15) is 5.82 Å². The number of carbonyl (C=O) groups is 1. The standard InChI is InChI=1S/C15H15ClN2O2/c1-2-5-10-6-3-4-7-12(10)17-13-9-8-11(16)14(18-13)15(19)20/h3-4,6-9H,2,5H2,1H3,(H,17,18)(H,19,20). The van der Waals surface area contributed by atoms with Crippen molar-refractivity contribution in [2.75, 3.05) is 5.32 Å². The Labute approximate surface area is 122 Å². The Morgan fingerprint density at radius 1 is 1.30 bits per heavy atom. The molecule has 0 aliphatic heterocycles. The summed E-state index contributed by atoms with van der Waals surface area (Å²) in [5, 5.41) is 12.3. The number of hydrogen-bond acceptors (Lipinski definition) is 3. The molecule has 0 radical (unpaired) electrons. The van der Waals surface area contributed by atoms with E-state index in [9.17, 15) is 4.79 Å². The summed E-state index contributed by atoms with van der Waals surface area (Å²) in [7, 11) is 0. The van der Waals surface area contributed by atoms with Gasteiger partial charge in [0.2, 0.25) is 0 Å². The Balaban J connectivity index is 2.31. The van der Waals surface area contributed by atoms with E-state index in [1.165, 1.54) is 11.6 Å². The van der Waals surface area contributed by atoms with Crippen LogP contribution in [0.4, 0.5) is 11.5 Å². The smallest absolute Gasteiger partial charge is 0.356 e. The number of aromatic nitrogens is 1. The predicted molar refractivity (Wildman–Crippen MR) is 79.9 cm³/mol. The van der Waals surface area contributed by atoms with Crippen LogP contribution < -0.4 is 5.32 Å². The van der Waals surface area contributed by atoms with E-state index in [0.29, 0.717) is 5.82 Å². The molecular weight excluding hydrogens is 276 g/mol. The van der Waals surface area contributed by atoms with Crippen molar-refractivity contribution in [3.63, 3.8) is 0 Å². The molecular formula is C15H15ClN2O2. The van der Waals surface area contributed by atoms with E-state index in [4.69, 9.17) is 16.7 Å². The highest BCUT2D eigenvalue weighted by Gasteiger charge is 2.12. The molecule has 1 aromatic heterocycles. The van der Waals surface area contributed by atoms with Crippen molar-refractivity contribution in [2.45, 2.75) is 19.8 Å². The summed E-state index contributed by atoms with van der Waals surface area (Å²) >= 11 is 5.80. The first-order valence-electron chi connectivity index (χ1n) is 6.36. The summed E-state index contributed by atoms with van der Waals surface area (Å²) in [5.41, 5.74) is 1.95. The van der Waals surface area contributed by atoms with Gasteiger partial charge in [0.05, 0.1) is 5.02 Å². The molecule has 2 N–H and O–H groups in total. The highest BCUT2D eigenvalue weighted by atomic mass is 35.5. The highest BCUT2D eigenvalue weighted by Crippen LogP contribution is 2.23. The van der Waals surface area contributed by atoms with E-state index in [1.807, 2.05) is 24.3 Å². The molecule has 1 aromatic carbocycles. The second kappa shape index (κ2) is 6.39. The normalized spacial score (nSPS) is 10.3. The molecule has 0 spiro atoms. The molecule has 0 atom stereocenters. The van der Waals surface area contributed by atoms with Gasteiger partial charge in [-0.2, -0.15) is 0 Å². The molecule has 4 nitrogen and oxygen atoms in total. The minimum atomic E-state index is -1.14. The Kier molecular flexibility index (Phi) is 4.58. The lowest BCUT2D eigenvalue weighted by molar-refractivity contribution is 0.0691. The number of carboxylic acids is 1. The number of carboxylic acid groups (broad SMARTS) is 1. The second-order valence-electron chi connectivity index (χ2n) is 4.36. The maximum absolute atomic E-state index is 11.0. The number of hydrogen-bond donors (Lipinski definition) is 2. The monoisotopic (exact) mass is 290 g/mol. The number of nitrogens with zero attached hydrogens (tertiary/aromatic N) is 1. The SMILES string of the molecule is CCCc1ccccc1Nc1ccc(Cl)c(C(=O)O)n1. The van der Waals surface area contributed by atoms with E-state index in [0.717, 1.165) is 18.5 Å². The Morgan fingerprint density at radius 2 is 2.05 bits per heavy atom. The van der Waals surface area contributed by atoms with Crippen LogP contribution in [0.1, 0.15) is 29.4 Å². The molecule has 2 aromatic rings. The van der Waals surface area contributed by atoms with Crippen molar-refractivity contribution in [1.29, 1.82) is 0 Å². The minimum Gasteiger partial charge on any atom is -0.476 e. The fourth-order valence-corrected chi connectivity index (χ4v) is 2.12. The summed E-state index contributed by atoms with van der Waals surface area (Å²) in [4.78, 5) is 15.0. The lowest BCUT2D eigenvalue weighted by Gasteiger charge is -2.11. The van der Waals surface area contributed by atoms with Gasteiger partial charge in [-0.1, -0.05) is 43.1 Å². The molecule has 2 rings (SSSR count). The van der Waals surface area contributed by atoms with E-state index in [2.05, 4.69) is 17.2 Å². The zero-order chi connectivity index (χ0) is 14.5. The van der Waals surface area contributed by atoms with E-state index in [-0.39, 0.29) is 10.7 Å². The summed E-state index contributed by atoms with van der Waals surface area (Å²) in [6, 6.07) is 11.1. The van der Waals surface area contributed by atoms with Crippen LogP contribution >= 0.6 is 11.6 Å². The number of aryl methyl sites for hydroxylation is 1. The molecule has 104 valence electrons. The zero-order valence-corrected chi connectivity index (χ0v) is 11.8. The van der Waals surface area contributed by atoms with Gasteiger partial charge in [0, 0.05) is 5.69 Å². The van der Waals surface area contributed by atoms with Crippen LogP contribution in [0.5, 0.6) is 0 Å². The van der Waals surface area contributed by atoms with Crippen molar-refractivity contribution in [1.82, 2.24) is 4.98 Å². The molecule has 0 aliphatic rings. The number of nitrogens with one attached hydrogen (secondary N) is 1. The third kappa shape index (κ3) is 3.27. The van der Waals surface area contributed by atoms with Gasteiger partial charge in [-0.25, -0.2) is 9.78 Å². The predicted octanol–water partition coefficient (Wildman–Crippen LogP) is 4.13. The van der Waals surface area contributed by atoms with Gasteiger partial charge in [-0.3, -0.25) is 0 Å². The lowest BCUT2D eigenvalue weighted by Crippen LogP contribution is -2.05. The average Bonchev–Trinajstić information content (AvgIpc) is 2.43. The van der Waals surface area contributed by atoms with Crippen molar-refractivity contribution >= 4 is 29.1 Å². The van der Waals surface area contributed by atoms with Gasteiger partial charge < -0.3 is 10.4 Å². The number of para-hydroxylation sites is 1. The van der Waals surface area contributed by atoms with Crippen molar-refractivity contribution < 1.29 is 9.90 Å². The number of aromatic carboxylic acids is 1. The maximum atomic E-state index is 11.0. The van der Waals surface area contributed by atoms with Crippen LogP contribution in [0, 0.1) is 0 Å². The fourth-order valence-electron chi connectivity index (χ4n) is 1.93. The van der Waals surface area contributed by atoms with E-state index in [1.54, 1.807) is 6.07 Å². The summed E-state index contributed by atoms with van der Waals surface area (Å²) in [6.45, 7) is 2.11. The molecule has 1 heterocycles. The van der Waals surface area contributed by atoms with Crippen LogP contribution in [0.25, 0.3) is 0 Å². The molecule has 0 unspecified atom stereocenters. The second-order valence-corrected chi connectivity index (χ2v) is 4.77. The summed E-state index contributed by atoms with van der Waals surface area (Å²) < 4.78 is 0. The van der Waals surface area contributed by atoms with Crippen LogP contribution in [0.2, 0.25) is 5.02 Å². The molecule has 0 saturated heterocycles. The number of pyridine rings is 1. The molecule has 0 aliphatic carbocycles. The highest BCUT2D eigenvalue weighted by molar-refractivity contribution is 6.33. The average molecular weight is 291 g/mol. The van der Waals surface area contributed by atoms with Gasteiger partial charge in [-0.15, -0.1) is 0 Å². The quantitative estimate of drug-likeness (QED) is 0.869. The molecule has 5 heteroatoms. The molecule has 20 heavy (non-hydrogen) atoms. The summed E-state index contributed by atoms with van der Waals surface area (Å²) in [5.74, 6) is -0.671. The lowest BCUT2D eigenvalue weighted by atomic mass is 10.1. The van der Waals surface area contributed by atoms with E-state index < -0.39 is 5.97 Å². The Bertz CT molecular complexity index is 629. The van der Waals surface area contributed by atoms with Gasteiger partial charge in [0.15, 0.2) is 5.69 Å². The minimum absolute atomic E-state index is 0.130. The zero-order valence-electron chi connectivity index (χ0n) is 11.1. The largest absolute Gasteiger partial charge is 0.476 e. The first-order chi connectivity index (χ1) is 9.61. The Hall–Kier alpha value is -2.07. The molecule has 0 bridgehead atoms. The van der Waals surface area contributed by atoms with Crippen molar-refractivity contribution in [2.24, 2.45) is 0 Å². The van der Waals surface area contributed by atoms with Crippen LogP contribution in [-0.2, 0) is 6.42 Å². The van der Waals surface area contributed by atoms with Crippen molar-refractivity contribution in [3.05, 3.63) is 52.7 Å². The van der Waals surface area contributed by atoms with Crippen molar-refractivity contribution in [3.8, 4) is 0 Å². The van der Waals surface area contributed by atoms with Gasteiger partial charge in [0.25, 0.3) is 0 Å². The van der Waals surface area contributed by atoms with Crippen LogP contribution in [0.3, 0.4) is 0 Å². The summed E-state index contributed by atoms with van der Waals surface area (Å²) in [6.07, 6.45) is 1.98. The topological polar surface area (TPSA) is 62.2 Å². The van der Waals surface area contributed by atoms with Gasteiger partial charge in [-0.05, 0) is 30.2 Å². The van der Waals surface area contributed by atoms with Crippen LogP contribution in [-0.4, -0.2) is 16.1 Å². The van der Waals surface area contributed by atoms with E-state index >= 15 is 0 Å². The molecule has 0 saturated carbocycles. The number of benzene rings is 1. The molecule has 0 amide bonds. The number of anilines is 2. The molecule has 0 fully saturated rings. The maximum Gasteiger partial charge on any atom is 0.356 e.